The fourth-order valence-electron chi connectivity index (χ4n) is 2.83. The van der Waals surface area contributed by atoms with E-state index >= 15 is 0 Å². The largest absolute Gasteiger partial charge is 0.496 e. The van der Waals surface area contributed by atoms with Gasteiger partial charge in [-0.25, -0.2) is 0 Å². The van der Waals surface area contributed by atoms with Crippen molar-refractivity contribution in [3.05, 3.63) is 53.9 Å². The molecule has 0 amide bonds. The second kappa shape index (κ2) is 5.53. The summed E-state index contributed by atoms with van der Waals surface area (Å²) in [4.78, 5) is 4.18. The van der Waals surface area contributed by atoms with Crippen molar-refractivity contribution in [3.8, 4) is 5.75 Å². The molecule has 0 aliphatic heterocycles. The Morgan fingerprint density at radius 2 is 2.00 bits per heavy atom. The number of hydrogen-bond donors (Lipinski definition) is 1. The van der Waals surface area contributed by atoms with E-state index in [0.717, 1.165) is 24.3 Å². The summed E-state index contributed by atoms with van der Waals surface area (Å²) < 4.78 is 5.44. The second-order valence-corrected chi connectivity index (χ2v) is 5.44. The molecule has 0 bridgehead atoms. The van der Waals surface area contributed by atoms with E-state index in [1.165, 1.54) is 11.1 Å². The van der Waals surface area contributed by atoms with Crippen molar-refractivity contribution in [2.24, 2.45) is 0 Å². The summed E-state index contributed by atoms with van der Waals surface area (Å²) in [5.74, 6) is 1.61. The quantitative estimate of drug-likeness (QED) is 0.916. The van der Waals surface area contributed by atoms with Crippen molar-refractivity contribution < 1.29 is 4.74 Å². The average Bonchev–Trinajstić information content (AvgIpc) is 2.44. The number of methoxy groups -OCH3 is 1. The van der Waals surface area contributed by atoms with Crippen LogP contribution in [0.25, 0.3) is 0 Å². The Labute approximate surface area is 120 Å². The fraction of sp³-hybridized carbons (Fsp3) is 0.353. The standard InChI is InChI=1S/C17H20N2O/c1-12-7-8-18-11-16(12)19-14-9-13(10-14)15-5-3-4-6-17(15)20-2/h3-8,11,13-14,19H,9-10H2,1-2H3. The van der Waals surface area contributed by atoms with Crippen LogP contribution in [0.4, 0.5) is 5.69 Å². The molecule has 104 valence electrons. The number of rotatable bonds is 4. The highest BCUT2D eigenvalue weighted by Crippen LogP contribution is 2.42. The van der Waals surface area contributed by atoms with Crippen LogP contribution in [0.5, 0.6) is 5.75 Å². The number of ether oxygens (including phenoxy) is 1. The molecule has 0 unspecified atom stereocenters. The van der Waals surface area contributed by atoms with E-state index in [9.17, 15) is 0 Å². The van der Waals surface area contributed by atoms with Gasteiger partial charge < -0.3 is 10.1 Å². The van der Waals surface area contributed by atoms with E-state index in [-0.39, 0.29) is 0 Å². The predicted molar refractivity (Wildman–Crippen MR) is 81.4 cm³/mol. The first kappa shape index (κ1) is 13.0. The molecule has 1 heterocycles. The highest BCUT2D eigenvalue weighted by molar-refractivity contribution is 5.50. The van der Waals surface area contributed by atoms with Gasteiger partial charge in [-0.15, -0.1) is 0 Å². The zero-order valence-corrected chi connectivity index (χ0v) is 12.0. The van der Waals surface area contributed by atoms with Gasteiger partial charge in [-0.2, -0.15) is 0 Å². The van der Waals surface area contributed by atoms with Crippen LogP contribution < -0.4 is 10.1 Å². The van der Waals surface area contributed by atoms with Gasteiger partial charge in [0.05, 0.1) is 19.0 Å². The zero-order valence-electron chi connectivity index (χ0n) is 12.0. The van der Waals surface area contributed by atoms with Crippen LogP contribution in [-0.4, -0.2) is 18.1 Å². The van der Waals surface area contributed by atoms with Crippen molar-refractivity contribution in [2.45, 2.75) is 31.7 Å². The van der Waals surface area contributed by atoms with Gasteiger partial charge in [0.1, 0.15) is 5.75 Å². The first-order valence-corrected chi connectivity index (χ1v) is 7.08. The molecule has 1 aromatic carbocycles. The van der Waals surface area contributed by atoms with Crippen molar-refractivity contribution in [3.63, 3.8) is 0 Å². The maximum atomic E-state index is 5.44. The third kappa shape index (κ3) is 2.48. The van der Waals surface area contributed by atoms with Crippen molar-refractivity contribution in [1.29, 1.82) is 0 Å². The van der Waals surface area contributed by atoms with Gasteiger partial charge in [-0.1, -0.05) is 18.2 Å². The predicted octanol–water partition coefficient (Wildman–Crippen LogP) is 3.76. The summed E-state index contributed by atoms with van der Waals surface area (Å²) in [6.45, 7) is 2.11. The van der Waals surface area contributed by atoms with E-state index in [1.807, 2.05) is 30.6 Å². The minimum absolute atomic E-state index is 0.535. The fourth-order valence-corrected chi connectivity index (χ4v) is 2.83. The van der Waals surface area contributed by atoms with Gasteiger partial charge in [0.2, 0.25) is 0 Å². The van der Waals surface area contributed by atoms with E-state index in [4.69, 9.17) is 4.74 Å². The van der Waals surface area contributed by atoms with Gasteiger partial charge in [0, 0.05) is 12.2 Å². The van der Waals surface area contributed by atoms with Crippen LogP contribution >= 0.6 is 0 Å². The van der Waals surface area contributed by atoms with Crippen LogP contribution in [0.15, 0.2) is 42.7 Å². The van der Waals surface area contributed by atoms with Crippen molar-refractivity contribution in [1.82, 2.24) is 4.98 Å². The Morgan fingerprint density at radius 1 is 1.20 bits per heavy atom. The van der Waals surface area contributed by atoms with Crippen LogP contribution in [0.1, 0.15) is 29.9 Å². The Kier molecular flexibility index (Phi) is 3.59. The monoisotopic (exact) mass is 268 g/mol. The number of aromatic nitrogens is 1. The first-order chi connectivity index (χ1) is 9.78. The van der Waals surface area contributed by atoms with Crippen molar-refractivity contribution >= 4 is 5.69 Å². The van der Waals surface area contributed by atoms with Gasteiger partial charge in [-0.05, 0) is 48.9 Å². The third-order valence-electron chi connectivity index (χ3n) is 4.12. The molecule has 1 aromatic heterocycles. The number of aryl methyl sites for hydroxylation is 1. The number of pyridine rings is 1. The van der Waals surface area contributed by atoms with Gasteiger partial charge in [0.15, 0.2) is 0 Å². The molecule has 3 rings (SSSR count). The Bertz CT molecular complexity index is 591. The average molecular weight is 268 g/mol. The minimum Gasteiger partial charge on any atom is -0.496 e. The summed E-state index contributed by atoms with van der Waals surface area (Å²) in [6.07, 6.45) is 6.04. The van der Waals surface area contributed by atoms with E-state index in [2.05, 4.69) is 29.4 Å². The van der Waals surface area contributed by atoms with E-state index in [0.29, 0.717) is 12.0 Å². The van der Waals surface area contributed by atoms with Crippen LogP contribution in [-0.2, 0) is 0 Å². The molecule has 2 aromatic rings. The molecule has 1 aliphatic carbocycles. The SMILES string of the molecule is COc1ccccc1C1CC(Nc2cnccc2C)C1. The normalized spacial score (nSPS) is 21.1. The third-order valence-corrected chi connectivity index (χ3v) is 4.12. The lowest BCUT2D eigenvalue weighted by atomic mass is 9.75. The Balaban J connectivity index is 1.63. The van der Waals surface area contributed by atoms with Crippen molar-refractivity contribution in [2.75, 3.05) is 12.4 Å². The molecule has 1 fully saturated rings. The summed E-state index contributed by atoms with van der Waals surface area (Å²) in [6, 6.07) is 10.9. The van der Waals surface area contributed by atoms with Crippen LogP contribution in [0.2, 0.25) is 0 Å². The Hall–Kier alpha value is -2.03. The van der Waals surface area contributed by atoms with Gasteiger partial charge >= 0.3 is 0 Å². The second-order valence-electron chi connectivity index (χ2n) is 5.44. The molecular formula is C17H20N2O. The molecule has 1 N–H and O–H groups in total. The van der Waals surface area contributed by atoms with E-state index < -0.39 is 0 Å². The Morgan fingerprint density at radius 3 is 2.75 bits per heavy atom. The van der Waals surface area contributed by atoms with Crippen LogP contribution in [0, 0.1) is 6.92 Å². The lowest BCUT2D eigenvalue weighted by molar-refractivity contribution is 0.349. The zero-order chi connectivity index (χ0) is 13.9. The molecule has 1 aliphatic rings. The summed E-state index contributed by atoms with van der Waals surface area (Å²) >= 11 is 0. The molecule has 0 radical (unpaired) electrons. The molecule has 20 heavy (non-hydrogen) atoms. The maximum Gasteiger partial charge on any atom is 0.122 e. The minimum atomic E-state index is 0.535. The lowest BCUT2D eigenvalue weighted by Gasteiger charge is -2.37. The number of benzene rings is 1. The number of nitrogens with one attached hydrogen (secondary N) is 1. The van der Waals surface area contributed by atoms with Gasteiger partial charge in [0.25, 0.3) is 0 Å². The smallest absolute Gasteiger partial charge is 0.122 e. The molecular weight excluding hydrogens is 248 g/mol. The maximum absolute atomic E-state index is 5.44. The summed E-state index contributed by atoms with van der Waals surface area (Å²) in [5.41, 5.74) is 3.73. The molecule has 0 saturated heterocycles. The van der Waals surface area contributed by atoms with E-state index in [1.54, 1.807) is 7.11 Å². The number of para-hydroxylation sites is 1. The topological polar surface area (TPSA) is 34.1 Å². The summed E-state index contributed by atoms with van der Waals surface area (Å²) in [7, 11) is 1.74. The number of hydrogen-bond acceptors (Lipinski definition) is 3. The molecule has 0 spiro atoms. The van der Waals surface area contributed by atoms with Gasteiger partial charge in [-0.3, -0.25) is 4.98 Å². The number of nitrogens with zero attached hydrogens (tertiary/aromatic N) is 1. The summed E-state index contributed by atoms with van der Waals surface area (Å²) in [5, 5.41) is 3.58. The number of anilines is 1. The molecule has 1 saturated carbocycles. The lowest BCUT2D eigenvalue weighted by Crippen LogP contribution is -2.34. The highest BCUT2D eigenvalue weighted by Gasteiger charge is 2.32. The molecule has 3 nitrogen and oxygen atoms in total. The van der Waals surface area contributed by atoms with Crippen LogP contribution in [0.3, 0.4) is 0 Å². The molecule has 0 atom stereocenters. The molecule has 3 heteroatoms. The first-order valence-electron chi connectivity index (χ1n) is 7.08. The highest BCUT2D eigenvalue weighted by atomic mass is 16.5.